The number of hydrogen-bond donors (Lipinski definition) is 2. The second-order valence-electron chi connectivity index (χ2n) is 5.77. The van der Waals surface area contributed by atoms with Gasteiger partial charge in [-0.3, -0.25) is 4.79 Å². The van der Waals surface area contributed by atoms with Crippen molar-refractivity contribution in [2.24, 2.45) is 0 Å². The van der Waals surface area contributed by atoms with E-state index in [2.05, 4.69) is 10.3 Å². The molecular formula is C21H20N2O3. The first-order valence-electron chi connectivity index (χ1n) is 8.35. The molecule has 0 aliphatic heterocycles. The van der Waals surface area contributed by atoms with Gasteiger partial charge in [-0.25, -0.2) is 4.98 Å². The molecule has 0 fully saturated rings. The number of carbonyl (C=O) groups excluding carboxylic acids is 1. The lowest BCUT2D eigenvalue weighted by Crippen LogP contribution is -2.29. The lowest BCUT2D eigenvalue weighted by Gasteiger charge is -2.14. The van der Waals surface area contributed by atoms with Crippen LogP contribution < -0.4 is 10.1 Å². The van der Waals surface area contributed by atoms with Gasteiger partial charge < -0.3 is 15.2 Å². The minimum absolute atomic E-state index is 0.223. The van der Waals surface area contributed by atoms with Crippen molar-refractivity contribution in [3.63, 3.8) is 0 Å². The molecule has 2 aromatic carbocycles. The molecule has 0 spiro atoms. The maximum absolute atomic E-state index is 12.2. The van der Waals surface area contributed by atoms with Gasteiger partial charge in [0.1, 0.15) is 6.61 Å². The van der Waals surface area contributed by atoms with Crippen molar-refractivity contribution in [1.29, 1.82) is 0 Å². The quantitative estimate of drug-likeness (QED) is 0.688. The van der Waals surface area contributed by atoms with Crippen LogP contribution in [0.1, 0.15) is 22.8 Å². The first kappa shape index (κ1) is 17.6. The Morgan fingerprint density at radius 2 is 1.69 bits per heavy atom. The number of aliphatic hydroxyl groups is 1. The summed E-state index contributed by atoms with van der Waals surface area (Å²) in [7, 11) is 0. The van der Waals surface area contributed by atoms with Crippen molar-refractivity contribution in [3.8, 4) is 5.88 Å². The van der Waals surface area contributed by atoms with E-state index in [1.54, 1.807) is 36.5 Å². The first-order valence-corrected chi connectivity index (χ1v) is 8.35. The number of nitrogens with zero attached hydrogens (tertiary/aromatic N) is 1. The van der Waals surface area contributed by atoms with Crippen molar-refractivity contribution in [1.82, 2.24) is 10.3 Å². The molecule has 1 unspecified atom stereocenters. The van der Waals surface area contributed by atoms with Gasteiger partial charge in [-0.05, 0) is 17.2 Å². The van der Waals surface area contributed by atoms with Crippen molar-refractivity contribution in [3.05, 3.63) is 95.7 Å². The Morgan fingerprint density at radius 3 is 2.42 bits per heavy atom. The Hall–Kier alpha value is -3.18. The topological polar surface area (TPSA) is 71.5 Å². The van der Waals surface area contributed by atoms with E-state index in [-0.39, 0.29) is 6.54 Å². The summed E-state index contributed by atoms with van der Waals surface area (Å²) in [6.45, 7) is 0.617. The highest BCUT2D eigenvalue weighted by molar-refractivity contribution is 5.81. The molecular weight excluding hydrogens is 328 g/mol. The van der Waals surface area contributed by atoms with E-state index in [0.717, 1.165) is 11.1 Å². The fraction of sp³-hybridized carbons (Fsp3) is 0.143. The monoisotopic (exact) mass is 348 g/mol. The molecule has 0 aliphatic rings. The number of rotatable bonds is 7. The molecule has 0 bridgehead atoms. The van der Waals surface area contributed by atoms with E-state index in [9.17, 15) is 9.90 Å². The smallest absolute Gasteiger partial charge is 0.253 e. The maximum atomic E-state index is 12.2. The standard InChI is InChI=1S/C21H20N2O3/c24-19(17-10-5-2-6-11-17)20(25)23-14-18-12-7-13-22-21(18)26-15-16-8-3-1-4-9-16/h1-13,19,24H,14-15H2,(H,23,25). The highest BCUT2D eigenvalue weighted by Crippen LogP contribution is 2.17. The van der Waals surface area contributed by atoms with Crippen LogP contribution in [0.2, 0.25) is 0 Å². The molecule has 5 heteroatoms. The molecule has 2 N–H and O–H groups in total. The molecule has 26 heavy (non-hydrogen) atoms. The number of aliphatic hydroxyl groups excluding tert-OH is 1. The van der Waals surface area contributed by atoms with Crippen LogP contribution in [0.4, 0.5) is 0 Å². The highest BCUT2D eigenvalue weighted by Gasteiger charge is 2.17. The van der Waals surface area contributed by atoms with Gasteiger partial charge in [-0.2, -0.15) is 0 Å². The third kappa shape index (κ3) is 4.68. The summed E-state index contributed by atoms with van der Waals surface area (Å²) >= 11 is 0. The van der Waals surface area contributed by atoms with E-state index in [0.29, 0.717) is 18.1 Å². The van der Waals surface area contributed by atoms with E-state index in [1.165, 1.54) is 0 Å². The summed E-state index contributed by atoms with van der Waals surface area (Å²) in [4.78, 5) is 16.4. The Balaban J connectivity index is 1.60. The zero-order chi connectivity index (χ0) is 18.2. The third-order valence-corrected chi connectivity index (χ3v) is 3.89. The van der Waals surface area contributed by atoms with Crippen molar-refractivity contribution in [2.45, 2.75) is 19.3 Å². The predicted octanol–water partition coefficient (Wildman–Crippen LogP) is 3.01. The Labute approximate surface area is 152 Å². The van der Waals surface area contributed by atoms with Gasteiger partial charge in [0.2, 0.25) is 5.88 Å². The number of carbonyl (C=O) groups is 1. The third-order valence-electron chi connectivity index (χ3n) is 3.89. The predicted molar refractivity (Wildman–Crippen MR) is 98.3 cm³/mol. The Morgan fingerprint density at radius 1 is 1.00 bits per heavy atom. The van der Waals surface area contributed by atoms with Crippen LogP contribution >= 0.6 is 0 Å². The van der Waals surface area contributed by atoms with Gasteiger partial charge in [0, 0.05) is 18.3 Å². The zero-order valence-corrected chi connectivity index (χ0v) is 14.2. The van der Waals surface area contributed by atoms with Gasteiger partial charge in [0.25, 0.3) is 5.91 Å². The molecule has 0 aliphatic carbocycles. The van der Waals surface area contributed by atoms with Crippen LogP contribution in [-0.2, 0) is 17.9 Å². The lowest BCUT2D eigenvalue weighted by molar-refractivity contribution is -0.129. The summed E-state index contributed by atoms with van der Waals surface area (Å²) in [5, 5.41) is 12.9. The van der Waals surface area contributed by atoms with Crippen molar-refractivity contribution < 1.29 is 14.6 Å². The van der Waals surface area contributed by atoms with Crippen LogP contribution in [0.5, 0.6) is 5.88 Å². The minimum Gasteiger partial charge on any atom is -0.473 e. The summed E-state index contributed by atoms with van der Waals surface area (Å²) in [6, 6.07) is 22.2. The molecule has 5 nitrogen and oxygen atoms in total. The average Bonchev–Trinajstić information content (AvgIpc) is 2.72. The van der Waals surface area contributed by atoms with Crippen LogP contribution in [0.15, 0.2) is 79.0 Å². The van der Waals surface area contributed by atoms with Crippen LogP contribution in [0.3, 0.4) is 0 Å². The normalized spacial score (nSPS) is 11.6. The fourth-order valence-corrected chi connectivity index (χ4v) is 2.48. The molecule has 1 aromatic heterocycles. The maximum Gasteiger partial charge on any atom is 0.253 e. The highest BCUT2D eigenvalue weighted by atomic mass is 16.5. The molecule has 0 radical (unpaired) electrons. The second-order valence-corrected chi connectivity index (χ2v) is 5.77. The van der Waals surface area contributed by atoms with Gasteiger partial charge in [0.15, 0.2) is 6.10 Å². The fourth-order valence-electron chi connectivity index (χ4n) is 2.48. The molecule has 1 heterocycles. The first-order chi connectivity index (χ1) is 12.7. The summed E-state index contributed by atoms with van der Waals surface area (Å²) in [5.74, 6) is -0.0000774. The van der Waals surface area contributed by atoms with Gasteiger partial charge in [0.05, 0.1) is 0 Å². The number of pyridine rings is 1. The summed E-state index contributed by atoms with van der Waals surface area (Å²) in [6.07, 6.45) is 0.436. The summed E-state index contributed by atoms with van der Waals surface area (Å²) in [5.41, 5.74) is 2.33. The van der Waals surface area contributed by atoms with E-state index >= 15 is 0 Å². The van der Waals surface area contributed by atoms with Crippen molar-refractivity contribution >= 4 is 5.91 Å². The molecule has 0 saturated carbocycles. The van der Waals surface area contributed by atoms with E-state index in [4.69, 9.17) is 4.74 Å². The number of hydrogen-bond acceptors (Lipinski definition) is 4. The summed E-state index contributed by atoms with van der Waals surface area (Å²) < 4.78 is 5.78. The van der Waals surface area contributed by atoms with Gasteiger partial charge in [-0.1, -0.05) is 66.7 Å². The molecule has 3 aromatic rings. The zero-order valence-electron chi connectivity index (χ0n) is 14.2. The number of nitrogens with one attached hydrogen (secondary N) is 1. The number of aromatic nitrogens is 1. The molecule has 1 amide bonds. The number of amides is 1. The molecule has 3 rings (SSSR count). The van der Waals surface area contributed by atoms with E-state index in [1.807, 2.05) is 42.5 Å². The SMILES string of the molecule is O=C(NCc1cccnc1OCc1ccccc1)C(O)c1ccccc1. The van der Waals surface area contributed by atoms with Gasteiger partial charge in [-0.15, -0.1) is 0 Å². The van der Waals surface area contributed by atoms with E-state index < -0.39 is 12.0 Å². The molecule has 132 valence electrons. The largest absolute Gasteiger partial charge is 0.473 e. The van der Waals surface area contributed by atoms with Crippen molar-refractivity contribution in [2.75, 3.05) is 0 Å². The van der Waals surface area contributed by atoms with Crippen LogP contribution in [0.25, 0.3) is 0 Å². The minimum atomic E-state index is -1.21. The van der Waals surface area contributed by atoms with Gasteiger partial charge >= 0.3 is 0 Å². The lowest BCUT2D eigenvalue weighted by atomic mass is 10.1. The molecule has 0 saturated heterocycles. The molecule has 1 atom stereocenters. The average molecular weight is 348 g/mol. The number of ether oxygens (including phenoxy) is 1. The number of benzene rings is 2. The van der Waals surface area contributed by atoms with Crippen LogP contribution in [0, 0.1) is 0 Å². The Kier molecular flexibility index (Phi) is 5.96. The van der Waals surface area contributed by atoms with Crippen LogP contribution in [-0.4, -0.2) is 16.0 Å². The second kappa shape index (κ2) is 8.78. The Bertz CT molecular complexity index is 838.